The summed E-state index contributed by atoms with van der Waals surface area (Å²) in [4.78, 5) is 4.19. The highest BCUT2D eigenvalue weighted by Crippen LogP contribution is 2.24. The van der Waals surface area contributed by atoms with Crippen molar-refractivity contribution in [1.82, 2.24) is 14.8 Å². The molecule has 0 spiro atoms. The van der Waals surface area contributed by atoms with Gasteiger partial charge in [0.05, 0.1) is 0 Å². The van der Waals surface area contributed by atoms with Crippen molar-refractivity contribution in [2.24, 2.45) is 5.92 Å². The number of nitrogens with zero attached hydrogens (tertiary/aromatic N) is 3. The second-order valence-corrected chi connectivity index (χ2v) is 3.96. The van der Waals surface area contributed by atoms with Gasteiger partial charge in [0.2, 0.25) is 5.95 Å². The molecule has 0 aliphatic heterocycles. The lowest BCUT2D eigenvalue weighted by atomic mass is 10.1. The molecule has 4 nitrogen and oxygen atoms in total. The Kier molecular flexibility index (Phi) is 3.01. The van der Waals surface area contributed by atoms with E-state index in [1.807, 2.05) is 4.68 Å². The van der Waals surface area contributed by atoms with Gasteiger partial charge in [-0.15, -0.1) is 5.10 Å². The van der Waals surface area contributed by atoms with Crippen LogP contribution in [0, 0.1) is 5.92 Å². The lowest BCUT2D eigenvalue weighted by Gasteiger charge is -2.08. The molecular weight excluding hydrogens is 176 g/mol. The molecule has 14 heavy (non-hydrogen) atoms. The van der Waals surface area contributed by atoms with E-state index in [-0.39, 0.29) is 0 Å². The van der Waals surface area contributed by atoms with Crippen LogP contribution in [0.4, 0.5) is 5.95 Å². The van der Waals surface area contributed by atoms with Crippen LogP contribution in [0.5, 0.6) is 0 Å². The number of rotatable bonds is 4. The number of aromatic nitrogens is 3. The van der Waals surface area contributed by atoms with E-state index in [1.54, 1.807) is 6.33 Å². The standard InChI is InChI=1S/C10H18N4/c1-2-14-8-12-10(13-14)11-7-9-5-3-4-6-9/h8-9H,2-7H2,1H3,(H,11,13). The molecule has 0 unspecified atom stereocenters. The normalized spacial score (nSPS) is 17.5. The average Bonchev–Trinajstić information content (AvgIpc) is 2.86. The van der Waals surface area contributed by atoms with E-state index in [0.29, 0.717) is 0 Å². The first-order chi connectivity index (χ1) is 6.88. The van der Waals surface area contributed by atoms with Crippen molar-refractivity contribution in [3.63, 3.8) is 0 Å². The maximum absolute atomic E-state index is 4.28. The molecule has 1 aromatic rings. The molecule has 0 atom stereocenters. The molecule has 0 saturated heterocycles. The summed E-state index contributed by atoms with van der Waals surface area (Å²) in [6, 6.07) is 0. The van der Waals surface area contributed by atoms with Gasteiger partial charge in [0.15, 0.2) is 0 Å². The summed E-state index contributed by atoms with van der Waals surface area (Å²) in [5, 5.41) is 7.58. The smallest absolute Gasteiger partial charge is 0.242 e. The van der Waals surface area contributed by atoms with Crippen molar-refractivity contribution < 1.29 is 0 Å². The Labute approximate surface area is 84.7 Å². The lowest BCUT2D eigenvalue weighted by molar-refractivity contribution is 0.576. The number of hydrogen-bond acceptors (Lipinski definition) is 3. The molecule has 0 radical (unpaired) electrons. The maximum atomic E-state index is 4.28. The Hall–Kier alpha value is -1.06. The summed E-state index contributed by atoms with van der Waals surface area (Å²) < 4.78 is 1.84. The third-order valence-corrected chi connectivity index (χ3v) is 2.88. The van der Waals surface area contributed by atoms with Gasteiger partial charge in [0.1, 0.15) is 6.33 Å². The van der Waals surface area contributed by atoms with Crippen molar-refractivity contribution in [2.45, 2.75) is 39.2 Å². The highest BCUT2D eigenvalue weighted by atomic mass is 15.4. The molecule has 4 heteroatoms. The number of nitrogens with one attached hydrogen (secondary N) is 1. The molecule has 1 heterocycles. The van der Waals surface area contributed by atoms with Crippen molar-refractivity contribution in [3.05, 3.63) is 6.33 Å². The fourth-order valence-corrected chi connectivity index (χ4v) is 1.98. The van der Waals surface area contributed by atoms with Crippen molar-refractivity contribution in [1.29, 1.82) is 0 Å². The molecule has 1 N–H and O–H groups in total. The third-order valence-electron chi connectivity index (χ3n) is 2.88. The summed E-state index contributed by atoms with van der Waals surface area (Å²) in [6.07, 6.45) is 7.28. The van der Waals surface area contributed by atoms with E-state index >= 15 is 0 Å². The summed E-state index contributed by atoms with van der Waals surface area (Å²) in [5.41, 5.74) is 0. The minimum atomic E-state index is 0.777. The molecule has 0 aromatic carbocycles. The zero-order valence-corrected chi connectivity index (χ0v) is 8.74. The predicted molar refractivity (Wildman–Crippen MR) is 56.1 cm³/mol. The van der Waals surface area contributed by atoms with Crippen LogP contribution in [-0.4, -0.2) is 21.3 Å². The van der Waals surface area contributed by atoms with Crippen molar-refractivity contribution in [2.75, 3.05) is 11.9 Å². The highest BCUT2D eigenvalue weighted by Gasteiger charge is 2.14. The van der Waals surface area contributed by atoms with Gasteiger partial charge in [-0.25, -0.2) is 4.98 Å². The van der Waals surface area contributed by atoms with Crippen LogP contribution in [-0.2, 0) is 6.54 Å². The van der Waals surface area contributed by atoms with E-state index in [4.69, 9.17) is 0 Å². The zero-order valence-electron chi connectivity index (χ0n) is 8.74. The minimum absolute atomic E-state index is 0.777. The quantitative estimate of drug-likeness (QED) is 0.796. The highest BCUT2D eigenvalue weighted by molar-refractivity contribution is 5.20. The monoisotopic (exact) mass is 194 g/mol. The van der Waals surface area contributed by atoms with Gasteiger partial charge in [-0.1, -0.05) is 12.8 Å². The van der Waals surface area contributed by atoms with Crippen LogP contribution in [0.1, 0.15) is 32.6 Å². The topological polar surface area (TPSA) is 42.7 Å². The van der Waals surface area contributed by atoms with E-state index in [9.17, 15) is 0 Å². The second-order valence-electron chi connectivity index (χ2n) is 3.96. The maximum Gasteiger partial charge on any atom is 0.242 e. The average molecular weight is 194 g/mol. The van der Waals surface area contributed by atoms with Crippen LogP contribution in [0.3, 0.4) is 0 Å². The van der Waals surface area contributed by atoms with Crippen molar-refractivity contribution in [3.8, 4) is 0 Å². The Morgan fingerprint density at radius 3 is 2.93 bits per heavy atom. The molecule has 0 amide bonds. The van der Waals surface area contributed by atoms with Gasteiger partial charge >= 0.3 is 0 Å². The fraction of sp³-hybridized carbons (Fsp3) is 0.800. The first kappa shape index (κ1) is 9.49. The van der Waals surface area contributed by atoms with Crippen molar-refractivity contribution >= 4 is 5.95 Å². The SMILES string of the molecule is CCn1cnc(NCC2CCCC2)n1. The Morgan fingerprint density at radius 2 is 2.29 bits per heavy atom. The molecule has 0 bridgehead atoms. The van der Waals surface area contributed by atoms with Crippen LogP contribution in [0.25, 0.3) is 0 Å². The van der Waals surface area contributed by atoms with Crippen LogP contribution < -0.4 is 5.32 Å². The Morgan fingerprint density at radius 1 is 1.50 bits per heavy atom. The van der Waals surface area contributed by atoms with Gasteiger partial charge < -0.3 is 5.32 Å². The van der Waals surface area contributed by atoms with E-state index in [2.05, 4.69) is 22.3 Å². The van der Waals surface area contributed by atoms with Gasteiger partial charge in [0, 0.05) is 13.1 Å². The second kappa shape index (κ2) is 4.44. The van der Waals surface area contributed by atoms with E-state index in [0.717, 1.165) is 25.0 Å². The molecular formula is C10H18N4. The molecule has 1 fully saturated rings. The van der Waals surface area contributed by atoms with Gasteiger partial charge in [0.25, 0.3) is 0 Å². The molecule has 1 aliphatic rings. The number of aryl methyl sites for hydroxylation is 1. The third kappa shape index (κ3) is 2.25. The van der Waals surface area contributed by atoms with Crippen LogP contribution >= 0.6 is 0 Å². The first-order valence-electron chi connectivity index (χ1n) is 5.52. The lowest BCUT2D eigenvalue weighted by Crippen LogP contribution is -2.12. The molecule has 2 rings (SSSR count). The zero-order chi connectivity index (χ0) is 9.80. The number of hydrogen-bond donors (Lipinski definition) is 1. The Balaban J connectivity index is 1.79. The van der Waals surface area contributed by atoms with Gasteiger partial charge in [-0.05, 0) is 25.7 Å². The predicted octanol–water partition coefficient (Wildman–Crippen LogP) is 1.90. The fourth-order valence-electron chi connectivity index (χ4n) is 1.98. The summed E-state index contributed by atoms with van der Waals surface area (Å²) in [7, 11) is 0. The van der Waals surface area contributed by atoms with Crippen LogP contribution in [0.15, 0.2) is 6.33 Å². The largest absolute Gasteiger partial charge is 0.353 e. The van der Waals surface area contributed by atoms with E-state index in [1.165, 1.54) is 25.7 Å². The van der Waals surface area contributed by atoms with Gasteiger partial charge in [-0.2, -0.15) is 0 Å². The van der Waals surface area contributed by atoms with E-state index < -0.39 is 0 Å². The minimum Gasteiger partial charge on any atom is -0.353 e. The first-order valence-corrected chi connectivity index (χ1v) is 5.52. The van der Waals surface area contributed by atoms with Crippen LogP contribution in [0.2, 0.25) is 0 Å². The summed E-state index contributed by atoms with van der Waals surface area (Å²) in [5.74, 6) is 1.61. The number of anilines is 1. The molecule has 78 valence electrons. The van der Waals surface area contributed by atoms with Gasteiger partial charge in [-0.3, -0.25) is 4.68 Å². The summed E-state index contributed by atoms with van der Waals surface area (Å²) in [6.45, 7) is 3.99. The summed E-state index contributed by atoms with van der Waals surface area (Å²) >= 11 is 0. The molecule has 1 saturated carbocycles. The molecule has 1 aliphatic carbocycles. The molecule has 1 aromatic heterocycles. The Bertz CT molecular complexity index is 275.